The summed E-state index contributed by atoms with van der Waals surface area (Å²) in [5, 5.41) is 9.28. The van der Waals surface area contributed by atoms with Crippen LogP contribution in [-0.2, 0) is 4.79 Å². The highest BCUT2D eigenvalue weighted by molar-refractivity contribution is 7.81. The van der Waals surface area contributed by atoms with Gasteiger partial charge in [0.25, 0.3) is 0 Å². The molecule has 0 saturated heterocycles. The molecule has 82 valence electrons. The van der Waals surface area contributed by atoms with Crippen LogP contribution in [0.1, 0.15) is 38.5 Å². The van der Waals surface area contributed by atoms with Crippen LogP contribution in [0.25, 0.3) is 0 Å². The van der Waals surface area contributed by atoms with E-state index in [9.17, 15) is 9.90 Å². The van der Waals surface area contributed by atoms with Crippen molar-refractivity contribution >= 4 is 18.6 Å². The molecule has 1 aliphatic rings. The molecule has 0 amide bonds. The predicted molar refractivity (Wildman–Crippen MR) is 59.6 cm³/mol. The minimum absolute atomic E-state index is 0.0257. The van der Waals surface area contributed by atoms with Gasteiger partial charge in [0, 0.05) is 5.25 Å². The molecule has 14 heavy (non-hydrogen) atoms. The van der Waals surface area contributed by atoms with Crippen molar-refractivity contribution in [3.8, 4) is 0 Å². The van der Waals surface area contributed by atoms with Crippen LogP contribution in [0.4, 0.5) is 0 Å². The third-order valence-corrected chi connectivity index (χ3v) is 3.99. The minimum atomic E-state index is -0.674. The molecular formula is C10H19NO2S. The Bertz CT molecular complexity index is 210. The second-order valence-corrected chi connectivity index (χ2v) is 4.74. The molecule has 0 radical (unpaired) electrons. The molecule has 1 saturated carbocycles. The predicted octanol–water partition coefficient (Wildman–Crippen LogP) is 1.67. The summed E-state index contributed by atoms with van der Waals surface area (Å²) in [5.74, 6) is -0.674. The van der Waals surface area contributed by atoms with Gasteiger partial charge in [-0.05, 0) is 32.2 Å². The van der Waals surface area contributed by atoms with Crippen molar-refractivity contribution < 1.29 is 9.90 Å². The first-order valence-electron chi connectivity index (χ1n) is 5.25. The summed E-state index contributed by atoms with van der Waals surface area (Å²) in [5.41, 5.74) is 4.83. The molecule has 4 heteroatoms. The van der Waals surface area contributed by atoms with E-state index in [1.165, 1.54) is 0 Å². The summed E-state index contributed by atoms with van der Waals surface area (Å²) in [6, 6.07) is 0. The first-order chi connectivity index (χ1) is 6.63. The fourth-order valence-corrected chi connectivity index (χ4v) is 2.84. The average Bonchev–Trinajstić information content (AvgIpc) is 2.49. The lowest BCUT2D eigenvalue weighted by molar-refractivity contribution is -0.148. The maximum Gasteiger partial charge on any atom is 0.310 e. The van der Waals surface area contributed by atoms with Gasteiger partial charge in [-0.2, -0.15) is 12.6 Å². The van der Waals surface area contributed by atoms with Crippen LogP contribution in [0.5, 0.6) is 0 Å². The van der Waals surface area contributed by atoms with Crippen LogP contribution >= 0.6 is 12.6 Å². The Kier molecular flexibility index (Phi) is 4.26. The third kappa shape index (κ3) is 2.23. The third-order valence-electron chi connectivity index (χ3n) is 3.24. The molecule has 1 fully saturated rings. The molecule has 0 aliphatic heterocycles. The van der Waals surface area contributed by atoms with Crippen LogP contribution in [-0.4, -0.2) is 22.9 Å². The first-order valence-corrected chi connectivity index (χ1v) is 5.76. The highest BCUT2D eigenvalue weighted by Gasteiger charge is 2.46. The van der Waals surface area contributed by atoms with E-state index < -0.39 is 11.4 Å². The largest absolute Gasteiger partial charge is 0.481 e. The van der Waals surface area contributed by atoms with Crippen molar-refractivity contribution in [3.05, 3.63) is 0 Å². The number of carboxylic acids is 1. The number of thiol groups is 1. The first kappa shape index (κ1) is 11.9. The van der Waals surface area contributed by atoms with Crippen LogP contribution in [0.15, 0.2) is 0 Å². The second-order valence-electron chi connectivity index (χ2n) is 4.12. The molecule has 2 unspecified atom stereocenters. The van der Waals surface area contributed by atoms with Crippen molar-refractivity contribution in [1.82, 2.24) is 0 Å². The molecule has 2 atom stereocenters. The Morgan fingerprint density at radius 2 is 2.29 bits per heavy atom. The summed E-state index contributed by atoms with van der Waals surface area (Å²) < 4.78 is 0. The SMILES string of the molecule is NCCCCC1(C(=O)O)CCCC1S. The molecule has 0 aromatic heterocycles. The molecule has 3 N–H and O–H groups in total. The molecule has 0 aromatic carbocycles. The van der Waals surface area contributed by atoms with Gasteiger partial charge in [-0.15, -0.1) is 0 Å². The topological polar surface area (TPSA) is 63.3 Å². The maximum absolute atomic E-state index is 11.2. The number of hydrogen-bond donors (Lipinski definition) is 3. The van der Waals surface area contributed by atoms with E-state index in [0.29, 0.717) is 6.54 Å². The van der Waals surface area contributed by atoms with Crippen molar-refractivity contribution in [2.45, 2.75) is 43.8 Å². The Morgan fingerprint density at radius 3 is 2.71 bits per heavy atom. The number of aliphatic carboxylic acids is 1. The highest BCUT2D eigenvalue weighted by Crippen LogP contribution is 2.45. The number of nitrogens with two attached hydrogens (primary N) is 1. The average molecular weight is 217 g/mol. The van der Waals surface area contributed by atoms with Crippen molar-refractivity contribution in [1.29, 1.82) is 0 Å². The van der Waals surface area contributed by atoms with E-state index in [2.05, 4.69) is 12.6 Å². The molecule has 0 spiro atoms. The van der Waals surface area contributed by atoms with Crippen molar-refractivity contribution in [3.63, 3.8) is 0 Å². The van der Waals surface area contributed by atoms with Gasteiger partial charge in [0.15, 0.2) is 0 Å². The number of unbranched alkanes of at least 4 members (excludes halogenated alkanes) is 1. The lowest BCUT2D eigenvalue weighted by Gasteiger charge is -2.28. The Balaban J connectivity index is 2.58. The summed E-state index contributed by atoms with van der Waals surface area (Å²) in [7, 11) is 0. The normalized spacial score (nSPS) is 32.0. The van der Waals surface area contributed by atoms with E-state index in [4.69, 9.17) is 5.73 Å². The van der Waals surface area contributed by atoms with Crippen molar-refractivity contribution in [2.24, 2.45) is 11.1 Å². The number of carboxylic acid groups (broad SMARTS) is 1. The zero-order valence-corrected chi connectivity index (χ0v) is 9.30. The van der Waals surface area contributed by atoms with Gasteiger partial charge in [-0.1, -0.05) is 12.8 Å². The number of rotatable bonds is 5. The minimum Gasteiger partial charge on any atom is -0.481 e. The quantitative estimate of drug-likeness (QED) is 0.485. The van der Waals surface area contributed by atoms with Crippen LogP contribution in [0, 0.1) is 5.41 Å². The van der Waals surface area contributed by atoms with E-state index in [-0.39, 0.29) is 5.25 Å². The fourth-order valence-electron chi connectivity index (χ4n) is 2.29. The molecule has 0 bridgehead atoms. The van der Waals surface area contributed by atoms with E-state index in [1.54, 1.807) is 0 Å². The lowest BCUT2D eigenvalue weighted by atomic mass is 9.81. The Labute approximate surface area is 90.5 Å². The van der Waals surface area contributed by atoms with E-state index in [1.807, 2.05) is 0 Å². The zero-order valence-electron chi connectivity index (χ0n) is 8.41. The number of carbonyl (C=O) groups is 1. The second kappa shape index (κ2) is 5.03. The fraction of sp³-hybridized carbons (Fsp3) is 0.900. The standard InChI is InChI=1S/C10H19NO2S/c11-7-2-1-5-10(9(12)13)6-3-4-8(10)14/h8,14H,1-7,11H2,(H,12,13). The molecule has 0 heterocycles. The van der Waals surface area contributed by atoms with Gasteiger partial charge in [0.1, 0.15) is 0 Å². The van der Waals surface area contributed by atoms with Gasteiger partial charge in [-0.3, -0.25) is 4.79 Å². The molecule has 3 nitrogen and oxygen atoms in total. The summed E-state index contributed by atoms with van der Waals surface area (Å²) in [6.07, 6.45) is 5.24. The molecule has 0 aromatic rings. The van der Waals surface area contributed by atoms with E-state index in [0.717, 1.165) is 38.5 Å². The zero-order chi connectivity index (χ0) is 10.6. The Morgan fingerprint density at radius 1 is 1.57 bits per heavy atom. The van der Waals surface area contributed by atoms with Crippen LogP contribution in [0.2, 0.25) is 0 Å². The number of hydrogen-bond acceptors (Lipinski definition) is 3. The van der Waals surface area contributed by atoms with Crippen molar-refractivity contribution in [2.75, 3.05) is 6.54 Å². The van der Waals surface area contributed by atoms with Gasteiger partial charge in [0.05, 0.1) is 5.41 Å². The maximum atomic E-state index is 11.2. The van der Waals surface area contributed by atoms with Gasteiger partial charge in [0.2, 0.25) is 0 Å². The summed E-state index contributed by atoms with van der Waals surface area (Å²) in [6.45, 7) is 0.646. The van der Waals surface area contributed by atoms with E-state index >= 15 is 0 Å². The van der Waals surface area contributed by atoms with Crippen LogP contribution < -0.4 is 5.73 Å². The van der Waals surface area contributed by atoms with Gasteiger partial charge >= 0.3 is 5.97 Å². The molecular weight excluding hydrogens is 198 g/mol. The molecule has 1 aliphatic carbocycles. The van der Waals surface area contributed by atoms with Gasteiger partial charge in [-0.25, -0.2) is 0 Å². The lowest BCUT2D eigenvalue weighted by Crippen LogP contribution is -2.35. The van der Waals surface area contributed by atoms with Gasteiger partial charge < -0.3 is 10.8 Å². The molecule has 1 rings (SSSR count). The summed E-state index contributed by atoms with van der Waals surface area (Å²) in [4.78, 5) is 11.2. The Hall–Kier alpha value is -0.220. The monoisotopic (exact) mass is 217 g/mol. The smallest absolute Gasteiger partial charge is 0.310 e. The summed E-state index contributed by atoms with van der Waals surface area (Å²) >= 11 is 4.40. The highest BCUT2D eigenvalue weighted by atomic mass is 32.1. The van der Waals surface area contributed by atoms with Crippen LogP contribution in [0.3, 0.4) is 0 Å².